The molecule has 0 spiro atoms. The Morgan fingerprint density at radius 1 is 1.53 bits per heavy atom. The van der Waals surface area contributed by atoms with Crippen LogP contribution in [-0.4, -0.2) is 30.0 Å². The molecule has 0 unspecified atom stereocenters. The Hall–Kier alpha value is -1.93. The molecule has 0 aromatic carbocycles. The summed E-state index contributed by atoms with van der Waals surface area (Å²) in [5, 5.41) is 14.2. The number of fused-ring (bicyclic) bond motifs is 1. The molecule has 2 aromatic rings. The van der Waals surface area contributed by atoms with Crippen LogP contribution in [0.4, 0.5) is 0 Å². The van der Waals surface area contributed by atoms with E-state index in [4.69, 9.17) is 0 Å². The van der Waals surface area contributed by atoms with Gasteiger partial charge in [0.15, 0.2) is 5.82 Å². The van der Waals surface area contributed by atoms with Gasteiger partial charge in [0, 0.05) is 6.54 Å². The van der Waals surface area contributed by atoms with Crippen molar-refractivity contribution in [3.05, 3.63) is 21.9 Å². The van der Waals surface area contributed by atoms with Gasteiger partial charge in [-0.3, -0.25) is 9.51 Å². The normalized spacial score (nSPS) is 15.4. The molecule has 3 rings (SSSR count). The smallest absolute Gasteiger partial charge is 0.324 e. The van der Waals surface area contributed by atoms with E-state index in [1.165, 1.54) is 5.06 Å². The van der Waals surface area contributed by atoms with Crippen LogP contribution in [0.25, 0.3) is 11.6 Å². The summed E-state index contributed by atoms with van der Waals surface area (Å²) in [5.41, 5.74) is 1.74. The second kappa shape index (κ2) is 3.54. The number of rotatable bonds is 2. The van der Waals surface area contributed by atoms with E-state index >= 15 is 0 Å². The standard InChI is InChI=1S/C9H11N5O3/c1-2-14-6-4-13(16)3-5(6)10-8(14)7-11-9(15)17-12-7/h16H,2-4H2,1H3,(H,11,12,15). The zero-order valence-electron chi connectivity index (χ0n) is 9.17. The minimum atomic E-state index is -0.602. The lowest BCUT2D eigenvalue weighted by Crippen LogP contribution is -2.13. The maximum Gasteiger partial charge on any atom is 0.439 e. The largest absolute Gasteiger partial charge is 0.439 e. The van der Waals surface area contributed by atoms with Crippen molar-refractivity contribution in [2.24, 2.45) is 0 Å². The molecule has 2 aromatic heterocycles. The van der Waals surface area contributed by atoms with Gasteiger partial charge in [-0.05, 0) is 6.92 Å². The Morgan fingerprint density at radius 3 is 3.00 bits per heavy atom. The van der Waals surface area contributed by atoms with Gasteiger partial charge >= 0.3 is 5.76 Å². The van der Waals surface area contributed by atoms with E-state index in [2.05, 4.69) is 19.6 Å². The van der Waals surface area contributed by atoms with Crippen molar-refractivity contribution >= 4 is 0 Å². The fraction of sp³-hybridized carbons (Fsp3) is 0.444. The minimum Gasteiger partial charge on any atom is -0.324 e. The van der Waals surface area contributed by atoms with Crippen LogP contribution in [0.15, 0.2) is 9.32 Å². The van der Waals surface area contributed by atoms with E-state index in [1.54, 1.807) is 0 Å². The molecule has 0 fully saturated rings. The number of nitrogens with zero attached hydrogens (tertiary/aromatic N) is 4. The molecular formula is C9H11N5O3. The minimum absolute atomic E-state index is 0.315. The molecule has 1 aliphatic rings. The van der Waals surface area contributed by atoms with Crippen LogP contribution in [-0.2, 0) is 19.6 Å². The topological polar surface area (TPSA) is 100 Å². The van der Waals surface area contributed by atoms with Crippen molar-refractivity contribution in [1.82, 2.24) is 24.8 Å². The van der Waals surface area contributed by atoms with Crippen molar-refractivity contribution in [1.29, 1.82) is 0 Å². The number of hydrogen-bond acceptors (Lipinski definition) is 6. The van der Waals surface area contributed by atoms with Crippen molar-refractivity contribution < 1.29 is 9.73 Å². The number of aromatic amines is 1. The molecule has 2 N–H and O–H groups in total. The first kappa shape index (κ1) is 10.2. The summed E-state index contributed by atoms with van der Waals surface area (Å²) in [7, 11) is 0. The average Bonchev–Trinajstić information content (AvgIpc) is 2.91. The van der Waals surface area contributed by atoms with E-state index in [0.29, 0.717) is 31.3 Å². The quantitative estimate of drug-likeness (QED) is 0.759. The molecule has 17 heavy (non-hydrogen) atoms. The highest BCUT2D eigenvalue weighted by molar-refractivity contribution is 5.46. The van der Waals surface area contributed by atoms with E-state index in [0.717, 1.165) is 11.4 Å². The van der Waals surface area contributed by atoms with Gasteiger partial charge in [0.05, 0.1) is 24.5 Å². The maximum atomic E-state index is 10.9. The van der Waals surface area contributed by atoms with Gasteiger partial charge in [-0.25, -0.2) is 9.78 Å². The molecule has 0 saturated heterocycles. The zero-order valence-corrected chi connectivity index (χ0v) is 9.17. The molecule has 90 valence electrons. The fourth-order valence-corrected chi connectivity index (χ4v) is 2.09. The number of nitrogens with one attached hydrogen (secondary N) is 1. The number of imidazole rings is 1. The lowest BCUT2D eigenvalue weighted by atomic mass is 10.4. The fourth-order valence-electron chi connectivity index (χ4n) is 2.09. The molecule has 0 saturated carbocycles. The van der Waals surface area contributed by atoms with Gasteiger partial charge in [-0.1, -0.05) is 5.16 Å². The highest BCUT2D eigenvalue weighted by atomic mass is 16.5. The summed E-state index contributed by atoms with van der Waals surface area (Å²) in [5.74, 6) is 0.279. The summed E-state index contributed by atoms with van der Waals surface area (Å²) in [6, 6.07) is 0. The monoisotopic (exact) mass is 237 g/mol. The first-order chi connectivity index (χ1) is 8.19. The van der Waals surface area contributed by atoms with E-state index in [9.17, 15) is 10.0 Å². The van der Waals surface area contributed by atoms with E-state index in [-0.39, 0.29) is 0 Å². The average molecular weight is 237 g/mol. The number of H-pyrrole nitrogens is 1. The predicted molar refractivity (Wildman–Crippen MR) is 55.1 cm³/mol. The number of hydroxylamine groups is 2. The first-order valence-electron chi connectivity index (χ1n) is 5.27. The molecule has 3 heterocycles. The Bertz CT molecular complexity index is 610. The van der Waals surface area contributed by atoms with E-state index < -0.39 is 5.76 Å². The Morgan fingerprint density at radius 2 is 2.35 bits per heavy atom. The van der Waals surface area contributed by atoms with Crippen molar-refractivity contribution in [3.63, 3.8) is 0 Å². The third-order valence-electron chi connectivity index (χ3n) is 2.79. The summed E-state index contributed by atoms with van der Waals surface area (Å²) < 4.78 is 6.37. The molecule has 0 atom stereocenters. The van der Waals surface area contributed by atoms with Crippen LogP contribution in [0.5, 0.6) is 0 Å². The predicted octanol–water partition coefficient (Wildman–Crippen LogP) is -0.0489. The Balaban J connectivity index is 2.13. The van der Waals surface area contributed by atoms with Crippen LogP contribution in [0.2, 0.25) is 0 Å². The molecule has 1 aliphatic heterocycles. The molecule has 8 nitrogen and oxygen atoms in total. The van der Waals surface area contributed by atoms with Crippen molar-refractivity contribution in [2.45, 2.75) is 26.6 Å². The molecule has 8 heteroatoms. The van der Waals surface area contributed by atoms with E-state index in [1.807, 2.05) is 11.5 Å². The highest BCUT2D eigenvalue weighted by Gasteiger charge is 2.27. The lowest BCUT2D eigenvalue weighted by Gasteiger charge is -2.08. The molecule has 0 amide bonds. The second-order valence-corrected chi connectivity index (χ2v) is 3.84. The van der Waals surface area contributed by atoms with Crippen LogP contribution in [0.3, 0.4) is 0 Å². The Labute approximate surface area is 95.4 Å². The molecular weight excluding hydrogens is 226 g/mol. The van der Waals surface area contributed by atoms with Crippen LogP contribution in [0.1, 0.15) is 18.3 Å². The van der Waals surface area contributed by atoms with Gasteiger partial charge in [0.25, 0.3) is 0 Å². The SMILES string of the molecule is CCn1c(-c2noc(=O)[nH]2)nc2c1CN(O)C2. The first-order valence-corrected chi connectivity index (χ1v) is 5.27. The van der Waals surface area contributed by atoms with Gasteiger partial charge < -0.3 is 9.77 Å². The third-order valence-corrected chi connectivity index (χ3v) is 2.79. The van der Waals surface area contributed by atoms with Gasteiger partial charge in [0.2, 0.25) is 5.82 Å². The summed E-state index contributed by atoms with van der Waals surface area (Å²) in [6.07, 6.45) is 0. The highest BCUT2D eigenvalue weighted by Crippen LogP contribution is 2.25. The Kier molecular flexibility index (Phi) is 2.13. The van der Waals surface area contributed by atoms with Gasteiger partial charge in [-0.2, -0.15) is 5.06 Å². The third kappa shape index (κ3) is 1.49. The van der Waals surface area contributed by atoms with Crippen molar-refractivity contribution in [2.75, 3.05) is 0 Å². The second-order valence-electron chi connectivity index (χ2n) is 3.84. The van der Waals surface area contributed by atoms with Gasteiger partial charge in [-0.15, -0.1) is 0 Å². The van der Waals surface area contributed by atoms with Gasteiger partial charge in [0.1, 0.15) is 0 Å². The van der Waals surface area contributed by atoms with Crippen molar-refractivity contribution in [3.8, 4) is 11.6 Å². The molecule has 0 bridgehead atoms. The molecule has 0 radical (unpaired) electrons. The summed E-state index contributed by atoms with van der Waals surface area (Å²) >= 11 is 0. The summed E-state index contributed by atoms with van der Waals surface area (Å²) in [6.45, 7) is 3.46. The maximum absolute atomic E-state index is 10.9. The lowest BCUT2D eigenvalue weighted by molar-refractivity contribution is -0.0985. The number of hydrogen-bond donors (Lipinski definition) is 2. The number of aromatic nitrogens is 4. The summed E-state index contributed by atoms with van der Waals surface area (Å²) in [4.78, 5) is 17.8. The molecule has 0 aliphatic carbocycles. The zero-order chi connectivity index (χ0) is 12.0. The van der Waals surface area contributed by atoms with Crippen LogP contribution in [0, 0.1) is 0 Å². The van der Waals surface area contributed by atoms with Crippen LogP contribution < -0.4 is 5.76 Å². The van der Waals surface area contributed by atoms with Crippen LogP contribution >= 0.6 is 0 Å².